The Kier molecular flexibility index (Phi) is 5.46. The molecule has 106 valence electrons. The van der Waals surface area contributed by atoms with Gasteiger partial charge < -0.3 is 15.2 Å². The molecule has 2 N–H and O–H groups in total. The fourth-order valence-corrected chi connectivity index (χ4v) is 3.22. The monoisotopic (exact) mass is 255 g/mol. The first-order valence-corrected chi connectivity index (χ1v) is 7.77. The van der Waals surface area contributed by atoms with Crippen LogP contribution in [0.5, 0.6) is 0 Å². The molecular weight excluding hydrogens is 226 g/mol. The highest BCUT2D eigenvalue weighted by Gasteiger charge is 2.44. The molecule has 2 atom stereocenters. The minimum Gasteiger partial charge on any atom is -0.394 e. The number of nitrogens with one attached hydrogen (secondary N) is 1. The lowest BCUT2D eigenvalue weighted by Crippen LogP contribution is -2.52. The van der Waals surface area contributed by atoms with Crippen molar-refractivity contribution >= 4 is 0 Å². The third kappa shape index (κ3) is 3.69. The van der Waals surface area contributed by atoms with Crippen molar-refractivity contribution in [3.8, 4) is 0 Å². The Balaban J connectivity index is 1.74. The number of ether oxygens (including phenoxy) is 1. The van der Waals surface area contributed by atoms with Crippen LogP contribution in [0.25, 0.3) is 0 Å². The van der Waals surface area contributed by atoms with Crippen LogP contribution in [0.4, 0.5) is 0 Å². The summed E-state index contributed by atoms with van der Waals surface area (Å²) in [6.07, 6.45) is 9.69. The van der Waals surface area contributed by atoms with Crippen LogP contribution in [0.15, 0.2) is 0 Å². The van der Waals surface area contributed by atoms with Gasteiger partial charge in [0, 0.05) is 24.8 Å². The lowest BCUT2D eigenvalue weighted by atomic mass is 9.85. The zero-order chi connectivity index (χ0) is 12.8. The smallest absolute Gasteiger partial charge is 0.0616 e. The topological polar surface area (TPSA) is 41.5 Å². The van der Waals surface area contributed by atoms with Gasteiger partial charge in [-0.1, -0.05) is 19.8 Å². The Morgan fingerprint density at radius 3 is 2.78 bits per heavy atom. The summed E-state index contributed by atoms with van der Waals surface area (Å²) in [5, 5.41) is 13.5. The third-order valence-corrected chi connectivity index (χ3v) is 4.56. The van der Waals surface area contributed by atoms with E-state index in [0.717, 1.165) is 32.5 Å². The van der Waals surface area contributed by atoms with Crippen LogP contribution < -0.4 is 5.32 Å². The lowest BCUT2D eigenvalue weighted by Gasteiger charge is -2.35. The number of aliphatic hydroxyl groups excluding tert-OH is 1. The molecule has 3 heteroatoms. The van der Waals surface area contributed by atoms with Crippen LogP contribution in [-0.4, -0.2) is 36.5 Å². The summed E-state index contributed by atoms with van der Waals surface area (Å²) in [4.78, 5) is 0. The van der Waals surface area contributed by atoms with E-state index in [1.54, 1.807) is 0 Å². The largest absolute Gasteiger partial charge is 0.394 e. The van der Waals surface area contributed by atoms with Gasteiger partial charge in [-0.3, -0.25) is 0 Å². The highest BCUT2D eigenvalue weighted by molar-refractivity contribution is 5.02. The van der Waals surface area contributed by atoms with Gasteiger partial charge in [0.2, 0.25) is 0 Å². The maximum atomic E-state index is 9.80. The average molecular weight is 255 g/mol. The van der Waals surface area contributed by atoms with Crippen LogP contribution in [0, 0.1) is 5.92 Å². The Morgan fingerprint density at radius 1 is 1.28 bits per heavy atom. The predicted molar refractivity (Wildman–Crippen MR) is 73.7 cm³/mol. The van der Waals surface area contributed by atoms with Gasteiger partial charge in [0.15, 0.2) is 0 Å². The first-order valence-electron chi connectivity index (χ1n) is 7.77. The van der Waals surface area contributed by atoms with Crippen molar-refractivity contribution in [1.82, 2.24) is 5.32 Å². The van der Waals surface area contributed by atoms with Gasteiger partial charge in [-0.05, 0) is 44.4 Å². The van der Waals surface area contributed by atoms with Gasteiger partial charge >= 0.3 is 0 Å². The molecule has 0 bridgehead atoms. The Morgan fingerprint density at radius 2 is 2.11 bits per heavy atom. The summed E-state index contributed by atoms with van der Waals surface area (Å²) in [7, 11) is 0. The van der Waals surface area contributed by atoms with Crippen molar-refractivity contribution in [3.63, 3.8) is 0 Å². The number of unbranched alkanes of at least 4 members (excludes halogenated alkanes) is 1. The summed E-state index contributed by atoms with van der Waals surface area (Å²) >= 11 is 0. The van der Waals surface area contributed by atoms with E-state index >= 15 is 0 Å². The minimum atomic E-state index is 0.00921. The van der Waals surface area contributed by atoms with Crippen molar-refractivity contribution in [2.24, 2.45) is 5.92 Å². The second-order valence-corrected chi connectivity index (χ2v) is 6.08. The molecule has 0 aliphatic heterocycles. The molecule has 0 radical (unpaired) electrons. The Hall–Kier alpha value is -0.120. The lowest BCUT2D eigenvalue weighted by molar-refractivity contribution is 0.0768. The number of hydrogen-bond donors (Lipinski definition) is 2. The normalized spacial score (nSPS) is 32.0. The van der Waals surface area contributed by atoms with Crippen LogP contribution >= 0.6 is 0 Å². The summed E-state index contributed by atoms with van der Waals surface area (Å²) in [6.45, 7) is 4.24. The van der Waals surface area contributed by atoms with Crippen LogP contribution in [0.3, 0.4) is 0 Å². The van der Waals surface area contributed by atoms with E-state index in [4.69, 9.17) is 4.74 Å². The molecule has 0 aromatic heterocycles. The molecule has 2 unspecified atom stereocenters. The molecule has 2 rings (SSSR count). The van der Waals surface area contributed by atoms with Gasteiger partial charge in [0.25, 0.3) is 0 Å². The highest BCUT2D eigenvalue weighted by Crippen LogP contribution is 2.40. The molecule has 0 saturated heterocycles. The van der Waals surface area contributed by atoms with E-state index in [9.17, 15) is 5.11 Å². The van der Waals surface area contributed by atoms with Crippen molar-refractivity contribution < 1.29 is 9.84 Å². The molecule has 18 heavy (non-hydrogen) atoms. The molecule has 0 amide bonds. The summed E-state index contributed by atoms with van der Waals surface area (Å²) in [5.74, 6) is 0.602. The van der Waals surface area contributed by atoms with Crippen molar-refractivity contribution in [3.05, 3.63) is 0 Å². The molecule has 3 nitrogen and oxygen atoms in total. The maximum absolute atomic E-state index is 9.80. The molecule has 0 spiro atoms. The van der Waals surface area contributed by atoms with Crippen molar-refractivity contribution in [2.45, 2.75) is 69.9 Å². The van der Waals surface area contributed by atoms with Crippen LogP contribution in [-0.2, 0) is 4.74 Å². The van der Waals surface area contributed by atoms with Crippen molar-refractivity contribution in [2.75, 3.05) is 19.8 Å². The van der Waals surface area contributed by atoms with E-state index in [0.29, 0.717) is 18.6 Å². The zero-order valence-electron chi connectivity index (χ0n) is 11.8. The van der Waals surface area contributed by atoms with E-state index in [1.165, 1.54) is 32.1 Å². The molecular formula is C15H29NO2. The summed E-state index contributed by atoms with van der Waals surface area (Å²) in [5.41, 5.74) is 0.00921. The average Bonchev–Trinajstić information content (AvgIpc) is 3.10. The Labute approximate surface area is 111 Å². The second-order valence-electron chi connectivity index (χ2n) is 6.08. The van der Waals surface area contributed by atoms with Gasteiger partial charge in [-0.15, -0.1) is 0 Å². The fraction of sp³-hybridized carbons (Fsp3) is 1.00. The predicted octanol–water partition coefficient (Wildman–Crippen LogP) is 2.48. The molecule has 0 aromatic rings. The summed E-state index contributed by atoms with van der Waals surface area (Å²) < 4.78 is 5.69. The van der Waals surface area contributed by atoms with Gasteiger partial charge in [0.1, 0.15) is 0 Å². The third-order valence-electron chi connectivity index (χ3n) is 4.56. The molecule has 0 aromatic carbocycles. The number of rotatable bonds is 9. The maximum Gasteiger partial charge on any atom is 0.0616 e. The van der Waals surface area contributed by atoms with E-state index in [1.807, 2.05) is 0 Å². The van der Waals surface area contributed by atoms with Gasteiger partial charge in [-0.25, -0.2) is 0 Å². The summed E-state index contributed by atoms with van der Waals surface area (Å²) in [6, 6.07) is 0.679. The van der Waals surface area contributed by atoms with E-state index in [2.05, 4.69) is 12.2 Å². The van der Waals surface area contributed by atoms with Gasteiger partial charge in [-0.2, -0.15) is 0 Å². The second kappa shape index (κ2) is 6.88. The van der Waals surface area contributed by atoms with E-state index < -0.39 is 0 Å². The first-order chi connectivity index (χ1) is 8.80. The Bertz CT molecular complexity index is 243. The highest BCUT2D eigenvalue weighted by atomic mass is 16.5. The van der Waals surface area contributed by atoms with Gasteiger partial charge in [0.05, 0.1) is 6.61 Å². The standard InChI is InChI=1S/C15H29NO2/c1-2-3-10-18-11-8-13-5-4-9-15(13,12-17)16-14-6-7-14/h13-14,16-17H,2-12H2,1H3. The number of hydrogen-bond acceptors (Lipinski definition) is 3. The SMILES string of the molecule is CCCCOCCC1CCCC1(CO)NC1CC1. The number of aliphatic hydroxyl groups is 1. The molecule has 2 aliphatic carbocycles. The zero-order valence-corrected chi connectivity index (χ0v) is 11.8. The first kappa shape index (κ1) is 14.3. The fourth-order valence-electron chi connectivity index (χ4n) is 3.22. The minimum absolute atomic E-state index is 0.00921. The molecule has 0 heterocycles. The molecule has 2 saturated carbocycles. The molecule has 2 fully saturated rings. The van der Waals surface area contributed by atoms with E-state index in [-0.39, 0.29) is 5.54 Å². The van der Waals surface area contributed by atoms with Crippen LogP contribution in [0.1, 0.15) is 58.3 Å². The van der Waals surface area contributed by atoms with Crippen molar-refractivity contribution in [1.29, 1.82) is 0 Å². The quantitative estimate of drug-likeness (QED) is 0.622. The van der Waals surface area contributed by atoms with Crippen LogP contribution in [0.2, 0.25) is 0 Å². The molecule has 2 aliphatic rings.